The third kappa shape index (κ3) is 1.72. The van der Waals surface area contributed by atoms with Crippen molar-refractivity contribution in [2.45, 2.75) is 38.1 Å². The molecule has 3 unspecified atom stereocenters. The standard InChI is InChI=1S/C12H18N2S/c1-13-6-12-14-11(7-15-12)10-5-8-2-3-9(10)4-8/h7-10,13H,2-6H2,1H3. The van der Waals surface area contributed by atoms with Gasteiger partial charge < -0.3 is 5.32 Å². The first-order valence-corrected chi connectivity index (χ1v) is 6.83. The Labute approximate surface area is 95.1 Å². The van der Waals surface area contributed by atoms with Crippen LogP contribution >= 0.6 is 11.3 Å². The van der Waals surface area contributed by atoms with Crippen LogP contribution in [-0.4, -0.2) is 12.0 Å². The van der Waals surface area contributed by atoms with Gasteiger partial charge in [0.05, 0.1) is 5.69 Å². The Morgan fingerprint density at radius 3 is 3.07 bits per heavy atom. The highest BCUT2D eigenvalue weighted by atomic mass is 32.1. The molecule has 1 aromatic rings. The molecule has 1 heterocycles. The molecular weight excluding hydrogens is 204 g/mol. The molecule has 0 amide bonds. The first-order valence-electron chi connectivity index (χ1n) is 5.95. The Morgan fingerprint density at radius 2 is 2.40 bits per heavy atom. The summed E-state index contributed by atoms with van der Waals surface area (Å²) in [5, 5.41) is 6.71. The first-order chi connectivity index (χ1) is 7.36. The monoisotopic (exact) mass is 222 g/mol. The zero-order chi connectivity index (χ0) is 10.3. The molecular formula is C12H18N2S. The third-order valence-corrected chi connectivity index (χ3v) is 4.88. The minimum atomic E-state index is 0.797. The summed E-state index contributed by atoms with van der Waals surface area (Å²) < 4.78 is 0. The molecule has 1 aromatic heterocycles. The molecule has 2 saturated carbocycles. The number of nitrogens with zero attached hydrogens (tertiary/aromatic N) is 1. The number of hydrogen-bond acceptors (Lipinski definition) is 3. The van der Waals surface area contributed by atoms with E-state index in [0.717, 1.165) is 24.3 Å². The third-order valence-electron chi connectivity index (χ3n) is 4.02. The zero-order valence-corrected chi connectivity index (χ0v) is 10.0. The van der Waals surface area contributed by atoms with E-state index in [9.17, 15) is 0 Å². The minimum Gasteiger partial charge on any atom is -0.314 e. The van der Waals surface area contributed by atoms with Gasteiger partial charge in [-0.2, -0.15) is 0 Å². The number of aromatic nitrogens is 1. The Bertz CT molecular complexity index is 347. The highest BCUT2D eigenvalue weighted by Gasteiger charge is 2.41. The van der Waals surface area contributed by atoms with Crippen LogP contribution in [0.2, 0.25) is 0 Å². The Kier molecular flexibility index (Phi) is 2.53. The predicted octanol–water partition coefficient (Wildman–Crippen LogP) is 2.77. The van der Waals surface area contributed by atoms with Gasteiger partial charge in [0.1, 0.15) is 5.01 Å². The molecule has 2 aliphatic carbocycles. The second-order valence-electron chi connectivity index (χ2n) is 4.98. The molecule has 0 spiro atoms. The molecule has 0 aromatic carbocycles. The molecule has 2 nitrogen and oxygen atoms in total. The number of rotatable bonds is 3. The largest absolute Gasteiger partial charge is 0.314 e. The Morgan fingerprint density at radius 1 is 1.47 bits per heavy atom. The van der Waals surface area contributed by atoms with E-state index < -0.39 is 0 Å². The van der Waals surface area contributed by atoms with Crippen LogP contribution in [0.25, 0.3) is 0 Å². The van der Waals surface area contributed by atoms with Crippen molar-refractivity contribution in [1.29, 1.82) is 0 Å². The predicted molar refractivity (Wildman–Crippen MR) is 63.1 cm³/mol. The number of fused-ring (bicyclic) bond motifs is 2. The maximum absolute atomic E-state index is 4.76. The fraction of sp³-hybridized carbons (Fsp3) is 0.750. The second kappa shape index (κ2) is 3.87. The van der Waals surface area contributed by atoms with Gasteiger partial charge in [0, 0.05) is 17.8 Å². The fourth-order valence-corrected chi connectivity index (χ4v) is 4.20. The van der Waals surface area contributed by atoms with Crippen LogP contribution in [0.3, 0.4) is 0 Å². The number of nitrogens with one attached hydrogen (secondary N) is 1. The van der Waals surface area contributed by atoms with E-state index in [1.165, 1.54) is 36.4 Å². The van der Waals surface area contributed by atoms with Gasteiger partial charge in [0.2, 0.25) is 0 Å². The van der Waals surface area contributed by atoms with Gasteiger partial charge in [-0.05, 0) is 38.1 Å². The van der Waals surface area contributed by atoms with Crippen LogP contribution in [0.5, 0.6) is 0 Å². The molecule has 2 aliphatic rings. The van der Waals surface area contributed by atoms with Crippen molar-refractivity contribution >= 4 is 11.3 Å². The van der Waals surface area contributed by atoms with Crippen LogP contribution < -0.4 is 5.32 Å². The van der Waals surface area contributed by atoms with Crippen LogP contribution in [0.1, 0.15) is 42.3 Å². The first kappa shape index (κ1) is 9.79. The van der Waals surface area contributed by atoms with Crippen molar-refractivity contribution < 1.29 is 0 Å². The summed E-state index contributed by atoms with van der Waals surface area (Å²) in [6.45, 7) is 0.922. The van der Waals surface area contributed by atoms with Gasteiger partial charge in [0.15, 0.2) is 0 Å². The lowest BCUT2D eigenvalue weighted by Gasteiger charge is -2.19. The Hall–Kier alpha value is -0.410. The van der Waals surface area contributed by atoms with Crippen molar-refractivity contribution in [2.24, 2.45) is 11.8 Å². The number of thiazole rings is 1. The quantitative estimate of drug-likeness (QED) is 0.850. The van der Waals surface area contributed by atoms with Crippen LogP contribution in [0.15, 0.2) is 5.38 Å². The van der Waals surface area contributed by atoms with E-state index in [0.29, 0.717) is 0 Å². The molecule has 3 rings (SSSR count). The lowest BCUT2D eigenvalue weighted by atomic mass is 9.87. The maximum atomic E-state index is 4.76. The van der Waals surface area contributed by atoms with Crippen LogP contribution in [0.4, 0.5) is 0 Å². The molecule has 1 N–H and O–H groups in total. The molecule has 82 valence electrons. The normalized spacial score (nSPS) is 33.8. The van der Waals surface area contributed by atoms with Gasteiger partial charge in [-0.3, -0.25) is 0 Å². The van der Waals surface area contributed by atoms with Gasteiger partial charge >= 0.3 is 0 Å². The van der Waals surface area contributed by atoms with Crippen molar-refractivity contribution in [3.05, 3.63) is 16.1 Å². The van der Waals surface area contributed by atoms with E-state index in [1.54, 1.807) is 0 Å². The van der Waals surface area contributed by atoms with Gasteiger partial charge in [0.25, 0.3) is 0 Å². The van der Waals surface area contributed by atoms with E-state index in [4.69, 9.17) is 4.98 Å². The SMILES string of the molecule is CNCc1nc(C2CC3CCC2C3)cs1. The molecule has 15 heavy (non-hydrogen) atoms. The van der Waals surface area contributed by atoms with Gasteiger partial charge in [-0.15, -0.1) is 11.3 Å². The molecule has 3 heteroatoms. The highest BCUT2D eigenvalue weighted by Crippen LogP contribution is 2.52. The molecule has 0 saturated heterocycles. The minimum absolute atomic E-state index is 0.797. The van der Waals surface area contributed by atoms with Gasteiger partial charge in [-0.25, -0.2) is 4.98 Å². The summed E-state index contributed by atoms with van der Waals surface area (Å²) in [5.74, 6) is 2.78. The summed E-state index contributed by atoms with van der Waals surface area (Å²) in [5.41, 5.74) is 1.39. The molecule has 0 radical (unpaired) electrons. The summed E-state index contributed by atoms with van der Waals surface area (Å²) >= 11 is 1.81. The van der Waals surface area contributed by atoms with Crippen LogP contribution in [-0.2, 0) is 6.54 Å². The van der Waals surface area contributed by atoms with E-state index in [-0.39, 0.29) is 0 Å². The molecule has 3 atom stereocenters. The fourth-order valence-electron chi connectivity index (χ4n) is 3.33. The summed E-state index contributed by atoms with van der Waals surface area (Å²) in [7, 11) is 1.98. The van der Waals surface area contributed by atoms with Gasteiger partial charge in [-0.1, -0.05) is 6.42 Å². The van der Waals surface area contributed by atoms with Crippen molar-refractivity contribution in [1.82, 2.24) is 10.3 Å². The maximum Gasteiger partial charge on any atom is 0.107 e. The van der Waals surface area contributed by atoms with Crippen molar-refractivity contribution in [3.8, 4) is 0 Å². The lowest BCUT2D eigenvalue weighted by Crippen LogP contribution is -2.10. The average Bonchev–Trinajstić information content (AvgIpc) is 2.91. The van der Waals surface area contributed by atoms with Crippen LogP contribution in [0, 0.1) is 11.8 Å². The van der Waals surface area contributed by atoms with E-state index in [1.807, 2.05) is 18.4 Å². The average molecular weight is 222 g/mol. The zero-order valence-electron chi connectivity index (χ0n) is 9.20. The second-order valence-corrected chi connectivity index (χ2v) is 5.92. The molecule has 0 aliphatic heterocycles. The van der Waals surface area contributed by atoms with Crippen molar-refractivity contribution in [2.75, 3.05) is 7.05 Å². The highest BCUT2D eigenvalue weighted by molar-refractivity contribution is 7.09. The number of hydrogen-bond donors (Lipinski definition) is 1. The Balaban J connectivity index is 1.75. The van der Waals surface area contributed by atoms with E-state index >= 15 is 0 Å². The topological polar surface area (TPSA) is 24.9 Å². The summed E-state index contributed by atoms with van der Waals surface area (Å²) in [6.07, 6.45) is 5.82. The summed E-state index contributed by atoms with van der Waals surface area (Å²) in [4.78, 5) is 4.76. The smallest absolute Gasteiger partial charge is 0.107 e. The van der Waals surface area contributed by atoms with E-state index in [2.05, 4.69) is 10.7 Å². The lowest BCUT2D eigenvalue weighted by molar-refractivity contribution is 0.414. The van der Waals surface area contributed by atoms with Crippen molar-refractivity contribution in [3.63, 3.8) is 0 Å². The molecule has 2 bridgehead atoms. The molecule has 2 fully saturated rings. The summed E-state index contributed by atoms with van der Waals surface area (Å²) in [6, 6.07) is 0.